The molecular formula is C34H58N4O7. The first-order valence-electron chi connectivity index (χ1n) is 17.4. The lowest BCUT2D eigenvalue weighted by atomic mass is 9.44. The van der Waals surface area contributed by atoms with Crippen LogP contribution in [-0.2, 0) is 19.2 Å². The molecule has 4 aliphatic carbocycles. The van der Waals surface area contributed by atoms with E-state index in [2.05, 4.69) is 26.1 Å². The minimum absolute atomic E-state index is 0.0534. The van der Waals surface area contributed by atoms with E-state index in [1.807, 2.05) is 0 Å². The third-order valence-corrected chi connectivity index (χ3v) is 12.9. The summed E-state index contributed by atoms with van der Waals surface area (Å²) in [4.78, 5) is 50.6. The van der Waals surface area contributed by atoms with Crippen molar-refractivity contribution in [1.82, 2.24) is 15.1 Å². The molecule has 4 rings (SSSR count). The molecule has 0 saturated heterocycles. The summed E-state index contributed by atoms with van der Waals surface area (Å²) in [7, 11) is 0. The second-order valence-corrected chi connectivity index (χ2v) is 15.1. The molecule has 0 aromatic rings. The average Bonchev–Trinajstić information content (AvgIpc) is 3.31. The Hall–Kier alpha value is -2.24. The van der Waals surface area contributed by atoms with Gasteiger partial charge in [-0.15, -0.1) is 0 Å². The van der Waals surface area contributed by atoms with E-state index >= 15 is 0 Å². The van der Waals surface area contributed by atoms with Crippen molar-refractivity contribution in [2.45, 2.75) is 110 Å². The Morgan fingerprint density at radius 3 is 2.16 bits per heavy atom. The Morgan fingerprint density at radius 1 is 0.867 bits per heavy atom. The number of rotatable bonds is 16. The second kappa shape index (κ2) is 15.1. The normalized spacial score (nSPS) is 34.9. The lowest BCUT2D eigenvalue weighted by molar-refractivity contribution is -0.146. The quantitative estimate of drug-likeness (QED) is 0.169. The van der Waals surface area contributed by atoms with Crippen molar-refractivity contribution in [3.05, 3.63) is 0 Å². The summed E-state index contributed by atoms with van der Waals surface area (Å²) in [6.45, 7) is 7.16. The summed E-state index contributed by atoms with van der Waals surface area (Å²) in [5.41, 5.74) is 6.61. The zero-order valence-corrected chi connectivity index (χ0v) is 27.7. The predicted octanol–water partition coefficient (Wildman–Crippen LogP) is 3.51. The first-order valence-corrected chi connectivity index (χ1v) is 17.4. The first-order chi connectivity index (χ1) is 21.3. The largest absolute Gasteiger partial charge is 0.480 e. The van der Waals surface area contributed by atoms with Gasteiger partial charge in [0, 0.05) is 38.6 Å². The van der Waals surface area contributed by atoms with Gasteiger partial charge in [0.05, 0.1) is 13.1 Å². The number of nitrogens with one attached hydrogen (secondary N) is 1. The Bertz CT molecular complexity index is 1060. The van der Waals surface area contributed by atoms with E-state index in [1.165, 1.54) is 49.8 Å². The predicted molar refractivity (Wildman–Crippen MR) is 170 cm³/mol. The van der Waals surface area contributed by atoms with Crippen molar-refractivity contribution in [3.8, 4) is 0 Å². The molecule has 4 aliphatic rings. The SMILES string of the molecule is CC[C@H]1CCC2C3CC[C@@H]4C[C@@H](NC(=O)CCC(C(=O)O)N(CCN)CCN(CC(=O)O)CC(=O)O)CC[C@]4(C)C3CC[C@@]21C. The molecule has 4 saturated carbocycles. The molecule has 0 heterocycles. The Labute approximate surface area is 268 Å². The highest BCUT2D eigenvalue weighted by Gasteiger charge is 2.59. The van der Waals surface area contributed by atoms with Crippen molar-refractivity contribution < 1.29 is 34.5 Å². The first kappa shape index (κ1) is 35.6. The molecule has 256 valence electrons. The van der Waals surface area contributed by atoms with Gasteiger partial charge in [0.2, 0.25) is 5.91 Å². The van der Waals surface area contributed by atoms with E-state index in [-0.39, 0.29) is 51.0 Å². The highest BCUT2D eigenvalue weighted by Crippen LogP contribution is 2.67. The van der Waals surface area contributed by atoms with Crippen molar-refractivity contribution in [2.75, 3.05) is 39.3 Å². The van der Waals surface area contributed by atoms with Crippen molar-refractivity contribution in [2.24, 2.45) is 46.2 Å². The highest BCUT2D eigenvalue weighted by atomic mass is 16.4. The summed E-state index contributed by atoms with van der Waals surface area (Å²) in [6.07, 6.45) is 12.6. The number of fused-ring (bicyclic) bond motifs is 5. The fourth-order valence-electron chi connectivity index (χ4n) is 10.7. The molecule has 0 bridgehead atoms. The number of hydrogen-bond donors (Lipinski definition) is 5. The number of nitrogens with zero attached hydrogens (tertiary/aromatic N) is 2. The van der Waals surface area contributed by atoms with Gasteiger partial charge in [0.15, 0.2) is 0 Å². The van der Waals surface area contributed by atoms with Gasteiger partial charge in [-0.1, -0.05) is 27.2 Å². The summed E-state index contributed by atoms with van der Waals surface area (Å²) < 4.78 is 0. The average molecular weight is 635 g/mol. The lowest BCUT2D eigenvalue weighted by Gasteiger charge is -2.61. The molecule has 0 aromatic carbocycles. The van der Waals surface area contributed by atoms with Gasteiger partial charge in [-0.3, -0.25) is 29.0 Å². The molecule has 1 amide bonds. The van der Waals surface area contributed by atoms with Gasteiger partial charge in [-0.05, 0) is 105 Å². The van der Waals surface area contributed by atoms with Crippen molar-refractivity contribution >= 4 is 23.8 Å². The Balaban J connectivity index is 1.30. The molecule has 0 radical (unpaired) electrons. The maximum Gasteiger partial charge on any atom is 0.320 e. The molecule has 45 heavy (non-hydrogen) atoms. The van der Waals surface area contributed by atoms with Crippen LogP contribution in [0.2, 0.25) is 0 Å². The fourth-order valence-corrected chi connectivity index (χ4v) is 10.7. The molecule has 0 aromatic heterocycles. The zero-order valence-electron chi connectivity index (χ0n) is 27.7. The van der Waals surface area contributed by atoms with E-state index in [4.69, 9.17) is 15.9 Å². The van der Waals surface area contributed by atoms with Gasteiger partial charge < -0.3 is 26.4 Å². The number of hydrogen-bond acceptors (Lipinski definition) is 7. The molecule has 11 nitrogen and oxygen atoms in total. The van der Waals surface area contributed by atoms with E-state index in [0.29, 0.717) is 16.7 Å². The highest BCUT2D eigenvalue weighted by molar-refractivity contribution is 5.78. The molecular weight excluding hydrogens is 576 g/mol. The van der Waals surface area contributed by atoms with E-state index in [9.17, 15) is 24.3 Å². The number of carboxylic acids is 3. The second-order valence-electron chi connectivity index (χ2n) is 15.1. The van der Waals surface area contributed by atoms with Crippen LogP contribution in [0.5, 0.6) is 0 Å². The third kappa shape index (κ3) is 8.01. The Kier molecular flexibility index (Phi) is 12.0. The Morgan fingerprint density at radius 2 is 1.53 bits per heavy atom. The number of carbonyl (C=O) groups is 4. The molecule has 0 spiro atoms. The summed E-state index contributed by atoms with van der Waals surface area (Å²) >= 11 is 0. The summed E-state index contributed by atoms with van der Waals surface area (Å²) in [5.74, 6) is 0.443. The maximum absolute atomic E-state index is 13.1. The van der Waals surface area contributed by atoms with E-state index < -0.39 is 37.0 Å². The number of nitrogens with two attached hydrogens (primary N) is 1. The van der Waals surface area contributed by atoms with Crippen LogP contribution in [0.3, 0.4) is 0 Å². The molecule has 4 unspecified atom stereocenters. The van der Waals surface area contributed by atoms with Crippen LogP contribution in [0.1, 0.15) is 97.8 Å². The molecule has 11 heteroatoms. The summed E-state index contributed by atoms with van der Waals surface area (Å²) in [5, 5.41) is 31.5. The van der Waals surface area contributed by atoms with Crippen LogP contribution >= 0.6 is 0 Å². The van der Waals surface area contributed by atoms with Crippen LogP contribution < -0.4 is 11.1 Å². The van der Waals surface area contributed by atoms with Crippen LogP contribution in [0.4, 0.5) is 0 Å². The van der Waals surface area contributed by atoms with Gasteiger partial charge in [0.1, 0.15) is 6.04 Å². The number of amides is 1. The fraction of sp³-hybridized carbons (Fsp3) is 0.882. The molecule has 9 atom stereocenters. The number of carboxylic acid groups (broad SMARTS) is 3. The van der Waals surface area contributed by atoms with Crippen LogP contribution in [0.25, 0.3) is 0 Å². The minimum atomic E-state index is -1.16. The van der Waals surface area contributed by atoms with Gasteiger partial charge in [-0.25, -0.2) is 0 Å². The number of carbonyl (C=O) groups excluding carboxylic acids is 1. The molecule has 6 N–H and O–H groups in total. The van der Waals surface area contributed by atoms with Gasteiger partial charge >= 0.3 is 17.9 Å². The van der Waals surface area contributed by atoms with Crippen LogP contribution in [-0.4, -0.2) is 100 Å². The standard InChI is InChI=1S/C34H58N4O7/c1-4-22-6-8-26-25-7-5-23-19-24(11-13-34(23,3)27(25)12-14-33(22,26)2)36-29(39)10-9-28(32(44)45)38(16-15-35)18-17-37(20-30(40)41)21-31(42)43/h22-28H,4-21,35H2,1-3H3,(H,36,39)(H,40,41)(H,42,43)(H,44,45)/t22-,23+,24-,25?,26?,27?,28?,33+,34-/m0/s1. The van der Waals surface area contributed by atoms with Crippen molar-refractivity contribution in [3.63, 3.8) is 0 Å². The lowest BCUT2D eigenvalue weighted by Crippen LogP contribution is -2.55. The number of aliphatic carboxylic acids is 3. The van der Waals surface area contributed by atoms with E-state index in [1.54, 1.807) is 4.90 Å². The molecule has 0 aliphatic heterocycles. The van der Waals surface area contributed by atoms with Crippen LogP contribution in [0.15, 0.2) is 0 Å². The minimum Gasteiger partial charge on any atom is -0.480 e. The zero-order chi connectivity index (χ0) is 32.9. The van der Waals surface area contributed by atoms with Crippen molar-refractivity contribution in [1.29, 1.82) is 0 Å². The van der Waals surface area contributed by atoms with Crippen LogP contribution in [0, 0.1) is 40.4 Å². The van der Waals surface area contributed by atoms with Gasteiger partial charge in [-0.2, -0.15) is 0 Å². The van der Waals surface area contributed by atoms with E-state index in [0.717, 1.165) is 42.9 Å². The topological polar surface area (TPSA) is 173 Å². The molecule has 4 fully saturated rings. The monoisotopic (exact) mass is 634 g/mol. The maximum atomic E-state index is 13.1. The smallest absolute Gasteiger partial charge is 0.320 e. The summed E-state index contributed by atoms with van der Waals surface area (Å²) in [6, 6.07) is -0.874. The van der Waals surface area contributed by atoms with Gasteiger partial charge in [0.25, 0.3) is 0 Å². The third-order valence-electron chi connectivity index (χ3n) is 12.9.